The van der Waals surface area contributed by atoms with Gasteiger partial charge in [-0.05, 0) is 0 Å². The van der Waals surface area contributed by atoms with Crippen molar-refractivity contribution in [1.29, 1.82) is 0 Å². The monoisotopic (exact) mass is 144 g/mol. The summed E-state index contributed by atoms with van der Waals surface area (Å²) in [7, 11) is 0. The van der Waals surface area contributed by atoms with Crippen LogP contribution >= 0.6 is 0 Å². The van der Waals surface area contributed by atoms with E-state index in [9.17, 15) is 0 Å². The summed E-state index contributed by atoms with van der Waals surface area (Å²) in [6.07, 6.45) is 0. The summed E-state index contributed by atoms with van der Waals surface area (Å²) in [5, 5.41) is 0. The van der Waals surface area contributed by atoms with Crippen LogP contribution in [0, 0.1) is 0 Å². The normalized spacial score (nSPS) is 0. The Balaban J connectivity index is 0. The van der Waals surface area contributed by atoms with E-state index in [2.05, 4.69) is 0 Å². The van der Waals surface area contributed by atoms with E-state index in [0.717, 1.165) is 0 Å². The third kappa shape index (κ3) is 39700. The molecule has 0 unspecified atom stereocenters. The molecule has 7 heteroatoms. The number of hydrogen-bond donors (Lipinski definition) is 0. The highest BCUT2D eigenvalue weighted by Crippen LogP contribution is -0.284. The molecule has 6 nitrogen and oxygen atoms in total. The van der Waals surface area contributed by atoms with E-state index in [1.165, 1.54) is 0 Å². The Morgan fingerprint density at radius 3 is 0.429 bits per heavy atom. The Morgan fingerprint density at radius 2 is 0.429 bits per heavy atom. The summed E-state index contributed by atoms with van der Waals surface area (Å²) in [4.78, 5) is 0. The van der Waals surface area contributed by atoms with Crippen molar-refractivity contribution >= 4 is 0 Å². The lowest BCUT2D eigenvalue weighted by Gasteiger charge is -1.00. The molecule has 0 aromatic heterocycles. The molecule has 0 aromatic rings. The van der Waals surface area contributed by atoms with Crippen LogP contribution in [0.2, 0.25) is 0 Å². The second-order valence-electron chi connectivity index (χ2n) is 0. The van der Waals surface area contributed by atoms with E-state index in [1.54, 1.807) is 0 Å². The molecule has 0 spiro atoms. The maximum Gasteiger partial charge on any atom is 1.00 e. The highest BCUT2D eigenvalue weighted by atomic mass is 35.5. The standard InChI is InChI=1S/ClH.6H2O/h1H;6*1H2. The summed E-state index contributed by atoms with van der Waals surface area (Å²) < 4.78 is 0. The maximum absolute atomic E-state index is 0. The van der Waals surface area contributed by atoms with E-state index in [4.69, 9.17) is 0 Å². The first kappa shape index (κ1) is 103000. The topological polar surface area (TPSA) is 189 Å². The molecule has 0 aliphatic heterocycles. The molecule has 0 saturated heterocycles. The predicted octanol–water partition coefficient (Wildman–Crippen LogP) is -7.83. The Morgan fingerprint density at radius 1 is 0.429 bits per heavy atom. The summed E-state index contributed by atoms with van der Waals surface area (Å²) in [6.45, 7) is 0. The quantitative estimate of drug-likeness (QED) is 0.312. The second-order valence-corrected chi connectivity index (χ2v) is 0. The fraction of sp³-hybridized carbons (Fsp3) is 0. The summed E-state index contributed by atoms with van der Waals surface area (Å²) in [5.41, 5.74) is 0. The first-order valence-corrected chi connectivity index (χ1v) is 0. The molecule has 0 saturated carbocycles. The molecular weight excluding hydrogens is 131 g/mol. The van der Waals surface area contributed by atoms with E-state index < -0.39 is 0 Å². The predicted molar refractivity (Wildman–Crippen MR) is 22.8 cm³/mol. The third-order valence-corrected chi connectivity index (χ3v) is 0. The molecule has 7 heavy (non-hydrogen) atoms. The van der Waals surface area contributed by atoms with Gasteiger partial charge in [0.15, 0.2) is 0 Å². The van der Waals surface area contributed by atoms with Crippen LogP contribution in [0.3, 0.4) is 0 Å². The lowest BCUT2D eigenvalue weighted by atomic mass is 16.0. The summed E-state index contributed by atoms with van der Waals surface area (Å²) in [5.74, 6) is 0. The van der Waals surface area contributed by atoms with Crippen LogP contribution in [-0.2, 0) is 0 Å². The van der Waals surface area contributed by atoms with Gasteiger partial charge in [-0.1, -0.05) is 0 Å². The molecular formula is H13ClO6. The molecule has 0 aliphatic rings. The number of rotatable bonds is 0. The molecule has 0 fully saturated rings. The van der Waals surface area contributed by atoms with Crippen LogP contribution in [0.1, 0.15) is 1.43 Å². The molecule has 0 aliphatic carbocycles. The van der Waals surface area contributed by atoms with Crippen LogP contribution in [-0.4, -0.2) is 32.9 Å². The molecule has 0 radical (unpaired) electrons. The highest BCUT2D eigenvalue weighted by Gasteiger charge is -0.406. The minimum atomic E-state index is 0. The Hall–Kier alpha value is 0.0500. The molecule has 0 rings (SSSR count). The van der Waals surface area contributed by atoms with Gasteiger partial charge < -0.3 is 45.3 Å². The van der Waals surface area contributed by atoms with Gasteiger partial charge in [-0.3, -0.25) is 0 Å². The fourth-order valence-corrected chi connectivity index (χ4v) is 0. The lowest BCUT2D eigenvalue weighted by molar-refractivity contribution is -0.00000724. The van der Waals surface area contributed by atoms with Crippen molar-refractivity contribution in [3.63, 3.8) is 0 Å². The Bertz CT molecular complexity index is 8.49. The third-order valence-electron chi connectivity index (χ3n) is 0. The van der Waals surface area contributed by atoms with Crippen LogP contribution in [0.4, 0.5) is 0 Å². The average Bonchev–Trinajstić information content (AvgIpc) is 0. The first-order valence-electron chi connectivity index (χ1n) is 0. The zero-order chi connectivity index (χ0) is 0. The summed E-state index contributed by atoms with van der Waals surface area (Å²) in [6, 6.07) is 0. The van der Waals surface area contributed by atoms with Crippen molar-refractivity contribution < 1.29 is 46.7 Å². The number of hydrogen-bond acceptors (Lipinski definition) is 0. The molecule has 0 heterocycles. The van der Waals surface area contributed by atoms with E-state index in [1.807, 2.05) is 0 Å². The van der Waals surface area contributed by atoms with Crippen molar-refractivity contribution in [2.75, 3.05) is 0 Å². The minimum absolute atomic E-state index is 0. The van der Waals surface area contributed by atoms with Crippen LogP contribution in [0.5, 0.6) is 0 Å². The first-order chi connectivity index (χ1) is 0. The van der Waals surface area contributed by atoms with Crippen molar-refractivity contribution in [2.45, 2.75) is 0 Å². The van der Waals surface area contributed by atoms with E-state index >= 15 is 0 Å². The van der Waals surface area contributed by atoms with Gasteiger partial charge >= 0.3 is 1.43 Å². The molecule has 0 amide bonds. The van der Waals surface area contributed by atoms with Crippen LogP contribution in [0.15, 0.2) is 0 Å². The van der Waals surface area contributed by atoms with Gasteiger partial charge in [0.05, 0.1) is 0 Å². The largest absolute Gasteiger partial charge is 1.00 e. The van der Waals surface area contributed by atoms with Gasteiger partial charge in [-0.15, -0.1) is 0 Å². The van der Waals surface area contributed by atoms with Gasteiger partial charge in [-0.2, -0.15) is 0 Å². The van der Waals surface area contributed by atoms with Crippen molar-refractivity contribution in [3.05, 3.63) is 0 Å². The second kappa shape index (κ2) is 61700. The van der Waals surface area contributed by atoms with Gasteiger partial charge in [0, 0.05) is 0 Å². The van der Waals surface area contributed by atoms with Crippen molar-refractivity contribution in [2.24, 2.45) is 0 Å². The molecule has 12 N–H and O–H groups in total. The maximum atomic E-state index is 0. The van der Waals surface area contributed by atoms with E-state index in [-0.39, 0.29) is 46.7 Å². The van der Waals surface area contributed by atoms with Gasteiger partial charge in [-0.25, -0.2) is 0 Å². The van der Waals surface area contributed by atoms with Gasteiger partial charge in [0.1, 0.15) is 0 Å². The lowest BCUT2D eigenvalue weighted by Crippen LogP contribution is -3.00. The van der Waals surface area contributed by atoms with Crippen molar-refractivity contribution in [3.8, 4) is 0 Å². The van der Waals surface area contributed by atoms with E-state index in [0.29, 0.717) is 0 Å². The molecule has 0 atom stereocenters. The minimum Gasteiger partial charge on any atom is -1.00 e. The number of halogens is 1. The van der Waals surface area contributed by atoms with Crippen LogP contribution in [0.25, 0.3) is 0 Å². The SMILES string of the molecule is O.O.O.O.O.O.[Cl-].[H+]. The van der Waals surface area contributed by atoms with Crippen LogP contribution < -0.4 is 12.4 Å². The van der Waals surface area contributed by atoms with Crippen molar-refractivity contribution in [1.82, 2.24) is 0 Å². The summed E-state index contributed by atoms with van der Waals surface area (Å²) >= 11 is 0. The molecule has 56 valence electrons. The average molecular weight is 145 g/mol. The Labute approximate surface area is 47.9 Å². The zero-order valence-electron chi connectivity index (χ0n) is 4.38. The fourth-order valence-electron chi connectivity index (χ4n) is 0. The molecule has 0 aromatic carbocycles. The molecule has 0 bridgehead atoms. The zero-order valence-corrected chi connectivity index (χ0v) is 4.13. The van der Waals surface area contributed by atoms with Gasteiger partial charge in [0.25, 0.3) is 0 Å². The Kier molecular flexibility index (Phi) is 910000000. The highest BCUT2D eigenvalue weighted by molar-refractivity contribution is 0.829. The van der Waals surface area contributed by atoms with Gasteiger partial charge in [0.2, 0.25) is 0 Å². The smallest absolute Gasteiger partial charge is 1.00 e.